The molecule has 1 heterocycles. The summed E-state index contributed by atoms with van der Waals surface area (Å²) in [5.74, 6) is -0.244. The van der Waals surface area contributed by atoms with E-state index in [2.05, 4.69) is 0 Å². The molecule has 2 aromatic carbocycles. The molecule has 3 heteroatoms. The van der Waals surface area contributed by atoms with Crippen LogP contribution in [0.2, 0.25) is 0 Å². The molecule has 0 N–H and O–H groups in total. The first-order valence-electron chi connectivity index (χ1n) is 7.23. The van der Waals surface area contributed by atoms with Gasteiger partial charge in [-0.3, -0.25) is 9.59 Å². The highest BCUT2D eigenvalue weighted by Gasteiger charge is 2.33. The molecule has 1 aliphatic heterocycles. The maximum atomic E-state index is 12.2. The van der Waals surface area contributed by atoms with Crippen molar-refractivity contribution >= 4 is 17.5 Å². The third kappa shape index (κ3) is 2.70. The van der Waals surface area contributed by atoms with E-state index in [1.54, 1.807) is 0 Å². The molecule has 1 aliphatic rings. The van der Waals surface area contributed by atoms with Gasteiger partial charge in [0.25, 0.3) is 0 Å². The lowest BCUT2D eigenvalue weighted by molar-refractivity contribution is -0.138. The average Bonchev–Trinajstić information content (AvgIpc) is 2.55. The van der Waals surface area contributed by atoms with Crippen LogP contribution in [0.15, 0.2) is 66.2 Å². The lowest BCUT2D eigenvalue weighted by atomic mass is 9.83. The number of ether oxygens (including phenoxy) is 1. The fourth-order valence-corrected chi connectivity index (χ4v) is 2.82. The zero-order valence-corrected chi connectivity index (χ0v) is 12.3. The van der Waals surface area contributed by atoms with Gasteiger partial charge in [-0.15, -0.1) is 0 Å². The average molecular weight is 292 g/mol. The molecule has 3 rings (SSSR count). The van der Waals surface area contributed by atoms with Crippen LogP contribution in [-0.4, -0.2) is 11.8 Å². The van der Waals surface area contributed by atoms with E-state index in [0.29, 0.717) is 11.3 Å². The van der Waals surface area contributed by atoms with E-state index in [4.69, 9.17) is 4.74 Å². The number of benzene rings is 2. The van der Waals surface area contributed by atoms with Gasteiger partial charge < -0.3 is 4.74 Å². The normalized spacial score (nSPS) is 18.0. The molecule has 0 amide bonds. The van der Waals surface area contributed by atoms with E-state index < -0.39 is 0 Å². The van der Waals surface area contributed by atoms with Gasteiger partial charge in [0.1, 0.15) is 5.76 Å². The number of rotatable bonds is 3. The van der Waals surface area contributed by atoms with Gasteiger partial charge in [-0.1, -0.05) is 60.7 Å². The van der Waals surface area contributed by atoms with Gasteiger partial charge in [-0.25, -0.2) is 0 Å². The molecule has 110 valence electrons. The number of Topliss-reactive ketones (excluding diaryl/α,β-unsaturated/α-hetero) is 1. The highest BCUT2D eigenvalue weighted by atomic mass is 16.5. The van der Waals surface area contributed by atoms with Crippen molar-refractivity contribution in [1.29, 1.82) is 0 Å². The van der Waals surface area contributed by atoms with Crippen molar-refractivity contribution in [2.45, 2.75) is 19.3 Å². The lowest BCUT2D eigenvalue weighted by Crippen LogP contribution is -2.23. The van der Waals surface area contributed by atoms with E-state index in [1.165, 1.54) is 6.92 Å². The second kappa shape index (κ2) is 5.98. The van der Waals surface area contributed by atoms with E-state index in [-0.39, 0.29) is 24.1 Å². The SMILES string of the molecule is CC(=O)C1=C(c2ccccc2)OC(=O)CC1c1ccccc1. The van der Waals surface area contributed by atoms with Gasteiger partial charge >= 0.3 is 5.97 Å². The zero-order chi connectivity index (χ0) is 15.5. The van der Waals surface area contributed by atoms with Crippen LogP contribution in [-0.2, 0) is 14.3 Å². The maximum Gasteiger partial charge on any atom is 0.312 e. The van der Waals surface area contributed by atoms with Gasteiger partial charge in [0, 0.05) is 17.1 Å². The van der Waals surface area contributed by atoms with Crippen LogP contribution in [0, 0.1) is 0 Å². The summed E-state index contributed by atoms with van der Waals surface area (Å²) >= 11 is 0. The highest BCUT2D eigenvalue weighted by molar-refractivity contribution is 6.04. The highest BCUT2D eigenvalue weighted by Crippen LogP contribution is 2.39. The van der Waals surface area contributed by atoms with E-state index in [1.807, 2.05) is 60.7 Å². The Morgan fingerprint density at radius 2 is 1.59 bits per heavy atom. The van der Waals surface area contributed by atoms with Gasteiger partial charge in [0.15, 0.2) is 5.78 Å². The molecule has 22 heavy (non-hydrogen) atoms. The zero-order valence-electron chi connectivity index (χ0n) is 12.3. The summed E-state index contributed by atoms with van der Waals surface area (Å²) in [4.78, 5) is 24.3. The Hall–Kier alpha value is -2.68. The van der Waals surface area contributed by atoms with Crippen LogP contribution in [0.3, 0.4) is 0 Å². The summed E-state index contributed by atoms with van der Waals surface area (Å²) in [5, 5.41) is 0. The van der Waals surface area contributed by atoms with Crippen molar-refractivity contribution in [3.8, 4) is 0 Å². The molecule has 0 fully saturated rings. The number of hydrogen-bond donors (Lipinski definition) is 0. The topological polar surface area (TPSA) is 43.4 Å². The van der Waals surface area contributed by atoms with Crippen molar-refractivity contribution in [2.75, 3.05) is 0 Å². The molecule has 0 radical (unpaired) electrons. The number of carbonyl (C=O) groups excluding carboxylic acids is 2. The third-order valence-corrected chi connectivity index (χ3v) is 3.80. The minimum absolute atomic E-state index is 0.0693. The number of allylic oxidation sites excluding steroid dienone is 1. The van der Waals surface area contributed by atoms with E-state index in [9.17, 15) is 9.59 Å². The van der Waals surface area contributed by atoms with Crippen molar-refractivity contribution in [2.24, 2.45) is 0 Å². The maximum absolute atomic E-state index is 12.2. The first kappa shape index (κ1) is 14.3. The number of esters is 1. The molecule has 0 aliphatic carbocycles. The van der Waals surface area contributed by atoms with E-state index >= 15 is 0 Å². The predicted molar refractivity (Wildman–Crippen MR) is 83.9 cm³/mol. The van der Waals surface area contributed by atoms with Crippen molar-refractivity contribution in [3.63, 3.8) is 0 Å². The van der Waals surface area contributed by atoms with Crippen LogP contribution in [0.1, 0.15) is 30.4 Å². The number of carbonyl (C=O) groups is 2. The summed E-state index contributed by atoms with van der Waals surface area (Å²) in [6.45, 7) is 1.52. The second-order valence-electron chi connectivity index (χ2n) is 5.31. The molecule has 0 spiro atoms. The Kier molecular flexibility index (Phi) is 3.88. The van der Waals surface area contributed by atoms with Crippen LogP contribution >= 0.6 is 0 Å². The molecule has 0 saturated carbocycles. The molecule has 3 nitrogen and oxygen atoms in total. The van der Waals surface area contributed by atoms with Gasteiger partial charge in [0.05, 0.1) is 6.42 Å². The van der Waals surface area contributed by atoms with Crippen molar-refractivity contribution in [1.82, 2.24) is 0 Å². The fourth-order valence-electron chi connectivity index (χ4n) is 2.82. The smallest absolute Gasteiger partial charge is 0.312 e. The van der Waals surface area contributed by atoms with Gasteiger partial charge in [0.2, 0.25) is 0 Å². The molecule has 0 bridgehead atoms. The number of ketones is 1. The fraction of sp³-hybridized carbons (Fsp3) is 0.158. The van der Waals surface area contributed by atoms with Crippen molar-refractivity contribution in [3.05, 3.63) is 77.4 Å². The van der Waals surface area contributed by atoms with Crippen LogP contribution < -0.4 is 0 Å². The lowest BCUT2D eigenvalue weighted by Gasteiger charge is -2.26. The quantitative estimate of drug-likeness (QED) is 0.810. The first-order chi connectivity index (χ1) is 10.7. The standard InChI is InChI=1S/C19H16O3/c1-13(20)18-16(14-8-4-2-5-9-14)12-17(21)22-19(18)15-10-6-3-7-11-15/h2-11,16H,12H2,1H3. The van der Waals surface area contributed by atoms with Crippen LogP contribution in [0.5, 0.6) is 0 Å². The molecule has 2 aromatic rings. The molecule has 1 atom stereocenters. The predicted octanol–water partition coefficient (Wildman–Crippen LogP) is 3.72. The van der Waals surface area contributed by atoms with Gasteiger partial charge in [-0.2, -0.15) is 0 Å². The summed E-state index contributed by atoms with van der Waals surface area (Å²) < 4.78 is 5.42. The summed E-state index contributed by atoms with van der Waals surface area (Å²) in [6, 6.07) is 18.9. The van der Waals surface area contributed by atoms with Crippen LogP contribution in [0.25, 0.3) is 5.76 Å². The monoisotopic (exact) mass is 292 g/mol. The number of hydrogen-bond acceptors (Lipinski definition) is 3. The van der Waals surface area contributed by atoms with E-state index in [0.717, 1.165) is 11.1 Å². The Labute approximate surface area is 129 Å². The third-order valence-electron chi connectivity index (χ3n) is 3.80. The Balaban J connectivity index is 2.18. The Bertz CT molecular complexity index is 730. The molecular formula is C19H16O3. The molecule has 0 saturated heterocycles. The Morgan fingerprint density at radius 3 is 2.18 bits per heavy atom. The molecule has 1 unspecified atom stereocenters. The minimum atomic E-state index is -0.308. The van der Waals surface area contributed by atoms with Crippen LogP contribution in [0.4, 0.5) is 0 Å². The molecular weight excluding hydrogens is 276 g/mol. The second-order valence-corrected chi connectivity index (χ2v) is 5.31. The summed E-state index contributed by atoms with van der Waals surface area (Å²) in [6.07, 6.45) is 0.190. The largest absolute Gasteiger partial charge is 0.425 e. The minimum Gasteiger partial charge on any atom is -0.425 e. The summed E-state index contributed by atoms with van der Waals surface area (Å²) in [7, 11) is 0. The summed E-state index contributed by atoms with van der Waals surface area (Å²) in [5.41, 5.74) is 2.27. The van der Waals surface area contributed by atoms with Gasteiger partial charge in [-0.05, 0) is 12.5 Å². The molecule has 0 aromatic heterocycles. The first-order valence-corrected chi connectivity index (χ1v) is 7.23. The Morgan fingerprint density at radius 1 is 1.00 bits per heavy atom. The number of cyclic esters (lactones) is 1. The van der Waals surface area contributed by atoms with Crippen molar-refractivity contribution < 1.29 is 14.3 Å².